The number of likely N-dealkylation sites (tertiary alicyclic amines) is 1. The molecule has 5 rings (SSSR count). The lowest BCUT2D eigenvalue weighted by Gasteiger charge is -2.42. The number of allylic oxidation sites excluding steroid dienone is 1. The van der Waals surface area contributed by atoms with Crippen LogP contribution in [0.3, 0.4) is 0 Å². The smallest absolute Gasteiger partial charge is 0.135 e. The fraction of sp³-hybridized carbons (Fsp3) is 0.500. The third-order valence-corrected chi connectivity index (χ3v) is 6.39. The number of fused-ring (bicyclic) bond motifs is 1. The van der Waals surface area contributed by atoms with E-state index in [4.69, 9.17) is 16.3 Å². The van der Waals surface area contributed by atoms with Gasteiger partial charge in [0.05, 0.1) is 42.9 Å². The van der Waals surface area contributed by atoms with Gasteiger partial charge < -0.3 is 10.1 Å². The van der Waals surface area contributed by atoms with Crippen LogP contribution in [-0.2, 0) is 11.2 Å². The molecule has 0 aromatic carbocycles. The molecule has 2 saturated heterocycles. The van der Waals surface area contributed by atoms with Crippen LogP contribution < -0.4 is 5.32 Å². The number of nitrogens with one attached hydrogen (secondary N) is 1. The van der Waals surface area contributed by atoms with E-state index >= 15 is 0 Å². The number of piperidine rings is 1. The number of pyridine rings is 1. The Bertz CT molecular complexity index is 925. The molecule has 0 spiro atoms. The SMILES string of the molecule is CNc1c(-c2cnn([C@H]3CCN(C4COC4)C[C@@H]3F)c2)cnc2c1C(Cl)=CC2. The van der Waals surface area contributed by atoms with E-state index < -0.39 is 6.17 Å². The average molecular weight is 404 g/mol. The summed E-state index contributed by atoms with van der Waals surface area (Å²) in [5, 5.41) is 8.47. The fourth-order valence-electron chi connectivity index (χ4n) is 4.37. The predicted octanol–water partition coefficient (Wildman–Crippen LogP) is 3.11. The van der Waals surface area contributed by atoms with E-state index in [9.17, 15) is 4.39 Å². The highest BCUT2D eigenvalue weighted by Gasteiger charge is 2.36. The highest BCUT2D eigenvalue weighted by atomic mass is 35.5. The maximum Gasteiger partial charge on any atom is 0.135 e. The van der Waals surface area contributed by atoms with E-state index in [1.165, 1.54) is 0 Å². The predicted molar refractivity (Wildman–Crippen MR) is 107 cm³/mol. The van der Waals surface area contributed by atoms with Crippen molar-refractivity contribution in [2.75, 3.05) is 38.7 Å². The molecule has 0 radical (unpaired) electrons. The molecule has 1 aliphatic carbocycles. The van der Waals surface area contributed by atoms with Crippen molar-refractivity contribution in [1.29, 1.82) is 0 Å². The number of anilines is 1. The van der Waals surface area contributed by atoms with Crippen molar-refractivity contribution in [2.24, 2.45) is 0 Å². The first-order valence-electron chi connectivity index (χ1n) is 9.71. The number of ether oxygens (including phenoxy) is 1. The van der Waals surface area contributed by atoms with Gasteiger partial charge in [0.15, 0.2) is 0 Å². The molecule has 0 saturated carbocycles. The van der Waals surface area contributed by atoms with Crippen LogP contribution in [0.15, 0.2) is 24.7 Å². The zero-order chi connectivity index (χ0) is 19.3. The van der Waals surface area contributed by atoms with E-state index in [-0.39, 0.29) is 6.04 Å². The van der Waals surface area contributed by atoms with Gasteiger partial charge in [-0.05, 0) is 6.42 Å². The van der Waals surface area contributed by atoms with Crippen molar-refractivity contribution >= 4 is 22.3 Å². The molecule has 8 heteroatoms. The van der Waals surface area contributed by atoms with Crippen LogP contribution in [-0.4, -0.2) is 65.2 Å². The molecule has 0 bridgehead atoms. The molecular weight excluding hydrogens is 381 g/mol. The molecule has 148 valence electrons. The van der Waals surface area contributed by atoms with Gasteiger partial charge in [-0.15, -0.1) is 0 Å². The number of aromatic nitrogens is 3. The first-order valence-corrected chi connectivity index (χ1v) is 10.1. The van der Waals surface area contributed by atoms with Gasteiger partial charge in [-0.2, -0.15) is 5.10 Å². The van der Waals surface area contributed by atoms with Crippen LogP contribution in [0.2, 0.25) is 0 Å². The van der Waals surface area contributed by atoms with Crippen molar-refractivity contribution in [3.8, 4) is 11.1 Å². The Morgan fingerprint density at radius 2 is 2.18 bits per heavy atom. The Labute approximate surface area is 168 Å². The lowest BCUT2D eigenvalue weighted by atomic mass is 10.0. The minimum Gasteiger partial charge on any atom is -0.387 e. The van der Waals surface area contributed by atoms with Crippen LogP contribution in [0.1, 0.15) is 23.7 Å². The van der Waals surface area contributed by atoms with Crippen LogP contribution in [0.4, 0.5) is 10.1 Å². The average Bonchev–Trinajstić information content (AvgIpc) is 3.27. The number of rotatable bonds is 4. The molecule has 3 aliphatic rings. The Kier molecular flexibility index (Phi) is 4.61. The Morgan fingerprint density at radius 1 is 1.32 bits per heavy atom. The summed E-state index contributed by atoms with van der Waals surface area (Å²) in [4.78, 5) is 6.77. The van der Waals surface area contributed by atoms with Crippen molar-refractivity contribution in [3.05, 3.63) is 35.9 Å². The Balaban J connectivity index is 1.40. The number of nitrogens with zero attached hydrogens (tertiary/aromatic N) is 4. The van der Waals surface area contributed by atoms with Crippen molar-refractivity contribution in [3.63, 3.8) is 0 Å². The summed E-state index contributed by atoms with van der Waals surface area (Å²) in [6, 6.07) is 0.135. The van der Waals surface area contributed by atoms with Gasteiger partial charge in [-0.3, -0.25) is 14.6 Å². The highest BCUT2D eigenvalue weighted by molar-refractivity contribution is 6.50. The zero-order valence-corrected chi connectivity index (χ0v) is 16.5. The van der Waals surface area contributed by atoms with Gasteiger partial charge >= 0.3 is 0 Å². The topological polar surface area (TPSA) is 55.2 Å². The van der Waals surface area contributed by atoms with Gasteiger partial charge in [0, 0.05) is 60.7 Å². The summed E-state index contributed by atoms with van der Waals surface area (Å²) >= 11 is 6.39. The van der Waals surface area contributed by atoms with E-state index in [0.29, 0.717) is 12.6 Å². The summed E-state index contributed by atoms with van der Waals surface area (Å²) < 4.78 is 21.9. The Hall–Kier alpha value is -1.96. The summed E-state index contributed by atoms with van der Waals surface area (Å²) in [6.07, 6.45) is 8.09. The van der Waals surface area contributed by atoms with E-state index in [1.54, 1.807) is 10.9 Å². The van der Waals surface area contributed by atoms with Crippen LogP contribution >= 0.6 is 11.6 Å². The first kappa shape index (κ1) is 18.1. The zero-order valence-electron chi connectivity index (χ0n) is 15.7. The largest absolute Gasteiger partial charge is 0.387 e. The molecule has 2 fully saturated rings. The van der Waals surface area contributed by atoms with Crippen LogP contribution in [0.5, 0.6) is 0 Å². The maximum absolute atomic E-state index is 14.9. The highest BCUT2D eigenvalue weighted by Crippen LogP contribution is 2.40. The molecule has 0 unspecified atom stereocenters. The van der Waals surface area contributed by atoms with E-state index in [2.05, 4.69) is 20.3 Å². The molecule has 0 amide bonds. The second-order valence-corrected chi connectivity index (χ2v) is 8.05. The molecule has 2 aromatic rings. The number of alkyl halides is 1. The lowest BCUT2D eigenvalue weighted by Crippen LogP contribution is -2.55. The second kappa shape index (κ2) is 7.13. The molecule has 1 N–H and O–H groups in total. The van der Waals surface area contributed by atoms with Crippen molar-refractivity contribution < 1.29 is 9.13 Å². The molecule has 28 heavy (non-hydrogen) atoms. The van der Waals surface area contributed by atoms with Gasteiger partial charge in [0.1, 0.15) is 6.17 Å². The molecule has 2 atom stereocenters. The van der Waals surface area contributed by atoms with Gasteiger partial charge in [-0.25, -0.2) is 4.39 Å². The fourth-order valence-corrected chi connectivity index (χ4v) is 4.65. The summed E-state index contributed by atoms with van der Waals surface area (Å²) in [5.41, 5.74) is 4.72. The Morgan fingerprint density at radius 3 is 2.89 bits per heavy atom. The summed E-state index contributed by atoms with van der Waals surface area (Å²) in [6.45, 7) is 2.75. The first-order chi connectivity index (χ1) is 13.7. The molecule has 2 aromatic heterocycles. The van der Waals surface area contributed by atoms with Gasteiger partial charge in [-0.1, -0.05) is 17.7 Å². The normalized spacial score (nSPS) is 25.3. The van der Waals surface area contributed by atoms with Crippen molar-refractivity contribution in [2.45, 2.75) is 31.1 Å². The van der Waals surface area contributed by atoms with Gasteiger partial charge in [0.2, 0.25) is 0 Å². The second-order valence-electron chi connectivity index (χ2n) is 7.64. The van der Waals surface area contributed by atoms with Gasteiger partial charge in [0.25, 0.3) is 0 Å². The number of halogens is 2. The quantitative estimate of drug-likeness (QED) is 0.850. The monoisotopic (exact) mass is 403 g/mol. The summed E-state index contributed by atoms with van der Waals surface area (Å²) in [5.74, 6) is 0. The van der Waals surface area contributed by atoms with Crippen LogP contribution in [0, 0.1) is 0 Å². The molecule has 4 heterocycles. The molecule has 6 nitrogen and oxygen atoms in total. The molecule has 2 aliphatic heterocycles. The number of hydrogen-bond donors (Lipinski definition) is 1. The third-order valence-electron chi connectivity index (χ3n) is 6.05. The van der Waals surface area contributed by atoms with E-state index in [1.807, 2.05) is 25.5 Å². The minimum atomic E-state index is -0.943. The molecular formula is C20H23ClFN5O. The lowest BCUT2D eigenvalue weighted by molar-refractivity contribution is -0.0847. The minimum absolute atomic E-state index is 0.241. The van der Waals surface area contributed by atoms with Crippen LogP contribution in [0.25, 0.3) is 16.2 Å². The van der Waals surface area contributed by atoms with Crippen molar-refractivity contribution in [1.82, 2.24) is 19.7 Å². The number of hydrogen-bond acceptors (Lipinski definition) is 5. The van der Waals surface area contributed by atoms with E-state index in [0.717, 1.165) is 65.7 Å². The summed E-state index contributed by atoms with van der Waals surface area (Å²) in [7, 11) is 1.88. The maximum atomic E-state index is 14.9. The standard InChI is InChI=1S/C20H23ClFN5O/c1-23-20-14(7-24-17-3-2-15(21)19(17)20)12-6-25-27(8-12)18-4-5-26(9-16(18)22)13-10-28-11-13/h2,6-8,13,16,18H,3-5,9-11H2,1H3,(H,23,24)/t16-,18-/m0/s1. The third kappa shape index (κ3) is 2.93.